The van der Waals surface area contributed by atoms with Crippen LogP contribution in [0.5, 0.6) is 0 Å². The van der Waals surface area contributed by atoms with Gasteiger partial charge in [0.1, 0.15) is 5.69 Å². The van der Waals surface area contributed by atoms with Gasteiger partial charge in [0.25, 0.3) is 5.91 Å². The number of amides is 1. The molecule has 0 bridgehead atoms. The number of nitrogens with two attached hydrogens (primary N) is 1. The number of carbonyl (C=O) groups is 1. The molecule has 0 aromatic carbocycles. The molecule has 5 nitrogen and oxygen atoms in total. The summed E-state index contributed by atoms with van der Waals surface area (Å²) in [6.07, 6.45) is 4.23. The molecular formula is C14H20N4O. The number of anilines is 1. The first-order chi connectivity index (χ1) is 9.12. The maximum Gasteiger partial charge on any atom is 0.269 e. The highest BCUT2D eigenvalue weighted by Gasteiger charge is 2.50. The molecule has 2 heterocycles. The van der Waals surface area contributed by atoms with Gasteiger partial charge in [-0.05, 0) is 37.8 Å². The Kier molecular flexibility index (Phi) is 2.93. The van der Waals surface area contributed by atoms with Gasteiger partial charge in [0.05, 0.1) is 5.54 Å². The van der Waals surface area contributed by atoms with Crippen molar-refractivity contribution < 1.29 is 4.79 Å². The summed E-state index contributed by atoms with van der Waals surface area (Å²) in [5.41, 5.74) is 7.85. The van der Waals surface area contributed by atoms with Gasteiger partial charge in [-0.25, -0.2) is 0 Å². The lowest BCUT2D eigenvalue weighted by Crippen LogP contribution is -2.69. The molecule has 0 spiro atoms. The Morgan fingerprint density at radius 1 is 1.58 bits per heavy atom. The van der Waals surface area contributed by atoms with E-state index in [1.54, 1.807) is 6.20 Å². The second-order valence-corrected chi connectivity index (χ2v) is 5.62. The maximum atomic E-state index is 11.8. The number of aromatic nitrogens is 1. The van der Waals surface area contributed by atoms with Gasteiger partial charge >= 0.3 is 0 Å². The number of nitrogens with zero attached hydrogens (tertiary/aromatic N) is 2. The molecule has 1 aromatic rings. The average molecular weight is 260 g/mol. The molecule has 2 fully saturated rings. The summed E-state index contributed by atoms with van der Waals surface area (Å²) < 4.78 is 0. The third kappa shape index (κ3) is 2.30. The average Bonchev–Trinajstić information content (AvgIpc) is 3.20. The lowest BCUT2D eigenvalue weighted by Gasteiger charge is -2.49. The van der Waals surface area contributed by atoms with Crippen molar-refractivity contribution in [2.75, 3.05) is 24.5 Å². The van der Waals surface area contributed by atoms with Crippen molar-refractivity contribution >= 4 is 11.6 Å². The molecule has 2 aliphatic rings. The molecule has 1 amide bonds. The molecule has 1 aliphatic heterocycles. The quantitative estimate of drug-likeness (QED) is 0.838. The fraction of sp³-hybridized carbons (Fsp3) is 0.571. The van der Waals surface area contributed by atoms with E-state index in [1.165, 1.54) is 12.8 Å². The molecule has 102 valence electrons. The van der Waals surface area contributed by atoms with Crippen LogP contribution in [0, 0.1) is 5.92 Å². The molecule has 0 radical (unpaired) electrons. The van der Waals surface area contributed by atoms with Crippen LogP contribution in [0.25, 0.3) is 0 Å². The highest BCUT2D eigenvalue weighted by Crippen LogP contribution is 2.44. The SMILES string of the molecule is CCNC(=O)c1cc(N2CC(N)(C3CC3)C2)ccn1. The van der Waals surface area contributed by atoms with Crippen molar-refractivity contribution in [3.63, 3.8) is 0 Å². The molecule has 19 heavy (non-hydrogen) atoms. The van der Waals surface area contributed by atoms with Crippen LogP contribution in [0.4, 0.5) is 5.69 Å². The molecule has 0 unspecified atom stereocenters. The molecular weight excluding hydrogens is 240 g/mol. The zero-order valence-electron chi connectivity index (χ0n) is 11.2. The van der Waals surface area contributed by atoms with E-state index >= 15 is 0 Å². The number of pyridine rings is 1. The largest absolute Gasteiger partial charge is 0.368 e. The van der Waals surface area contributed by atoms with Gasteiger partial charge in [-0.1, -0.05) is 0 Å². The first-order valence-electron chi connectivity index (χ1n) is 6.90. The van der Waals surface area contributed by atoms with Crippen molar-refractivity contribution in [2.24, 2.45) is 11.7 Å². The van der Waals surface area contributed by atoms with Crippen molar-refractivity contribution in [3.8, 4) is 0 Å². The van der Waals surface area contributed by atoms with Gasteiger partial charge < -0.3 is 16.0 Å². The maximum absolute atomic E-state index is 11.8. The van der Waals surface area contributed by atoms with Crippen LogP contribution in [0.1, 0.15) is 30.3 Å². The van der Waals surface area contributed by atoms with E-state index in [1.807, 2.05) is 19.1 Å². The van der Waals surface area contributed by atoms with E-state index in [-0.39, 0.29) is 11.4 Å². The molecule has 0 atom stereocenters. The van der Waals surface area contributed by atoms with Crippen molar-refractivity contribution in [2.45, 2.75) is 25.3 Å². The third-order valence-corrected chi connectivity index (χ3v) is 4.04. The van der Waals surface area contributed by atoms with Crippen LogP contribution in [0.15, 0.2) is 18.3 Å². The topological polar surface area (TPSA) is 71.2 Å². The summed E-state index contributed by atoms with van der Waals surface area (Å²) in [5, 5.41) is 2.76. The minimum atomic E-state index is -0.119. The molecule has 1 aromatic heterocycles. The number of rotatable bonds is 4. The van der Waals surface area contributed by atoms with Gasteiger partial charge in [-0.15, -0.1) is 0 Å². The van der Waals surface area contributed by atoms with Crippen LogP contribution < -0.4 is 16.0 Å². The Labute approximate surface area is 113 Å². The van der Waals surface area contributed by atoms with E-state index in [2.05, 4.69) is 15.2 Å². The molecule has 5 heteroatoms. The smallest absolute Gasteiger partial charge is 0.269 e. The Morgan fingerprint density at radius 3 is 2.95 bits per heavy atom. The first-order valence-corrected chi connectivity index (χ1v) is 6.90. The van der Waals surface area contributed by atoms with E-state index in [9.17, 15) is 4.79 Å². The molecule has 1 aliphatic carbocycles. The fourth-order valence-electron chi connectivity index (χ4n) is 2.75. The zero-order valence-corrected chi connectivity index (χ0v) is 11.2. The number of hydrogen-bond acceptors (Lipinski definition) is 4. The first kappa shape index (κ1) is 12.4. The summed E-state index contributed by atoms with van der Waals surface area (Å²) in [6.45, 7) is 4.28. The predicted molar refractivity (Wildman–Crippen MR) is 74.1 cm³/mol. The Balaban J connectivity index is 1.69. The highest BCUT2D eigenvalue weighted by atomic mass is 16.1. The van der Waals surface area contributed by atoms with Crippen molar-refractivity contribution in [1.29, 1.82) is 0 Å². The van der Waals surface area contributed by atoms with Crippen LogP contribution in [0.3, 0.4) is 0 Å². The second-order valence-electron chi connectivity index (χ2n) is 5.62. The van der Waals surface area contributed by atoms with E-state index in [0.29, 0.717) is 18.2 Å². The minimum Gasteiger partial charge on any atom is -0.368 e. The summed E-state index contributed by atoms with van der Waals surface area (Å²) in [6, 6.07) is 3.78. The summed E-state index contributed by atoms with van der Waals surface area (Å²) in [7, 11) is 0. The van der Waals surface area contributed by atoms with Gasteiger partial charge in [0, 0.05) is 31.5 Å². The summed E-state index contributed by atoms with van der Waals surface area (Å²) >= 11 is 0. The molecule has 3 N–H and O–H groups in total. The number of hydrogen-bond donors (Lipinski definition) is 2. The lowest BCUT2D eigenvalue weighted by molar-refractivity contribution is 0.0951. The van der Waals surface area contributed by atoms with E-state index in [4.69, 9.17) is 5.73 Å². The standard InChI is InChI=1S/C14H20N4O/c1-2-16-13(19)12-7-11(5-6-17-12)18-8-14(15,9-18)10-3-4-10/h5-7,10H,2-4,8-9,15H2,1H3,(H,16,19). The minimum absolute atomic E-state index is 0.00485. The fourth-order valence-corrected chi connectivity index (χ4v) is 2.75. The molecule has 1 saturated heterocycles. The summed E-state index contributed by atoms with van der Waals surface area (Å²) in [5.74, 6) is 0.583. The zero-order chi connectivity index (χ0) is 13.5. The van der Waals surface area contributed by atoms with Gasteiger partial charge in [0.2, 0.25) is 0 Å². The van der Waals surface area contributed by atoms with Gasteiger partial charge in [-0.3, -0.25) is 9.78 Å². The highest BCUT2D eigenvalue weighted by molar-refractivity contribution is 5.93. The number of nitrogens with one attached hydrogen (secondary N) is 1. The van der Waals surface area contributed by atoms with Gasteiger partial charge in [-0.2, -0.15) is 0 Å². The van der Waals surface area contributed by atoms with Crippen LogP contribution >= 0.6 is 0 Å². The van der Waals surface area contributed by atoms with Crippen LogP contribution in [0.2, 0.25) is 0 Å². The Bertz CT molecular complexity index is 492. The molecule has 1 saturated carbocycles. The third-order valence-electron chi connectivity index (χ3n) is 4.04. The lowest BCUT2D eigenvalue weighted by atomic mass is 9.85. The predicted octanol–water partition coefficient (Wildman–Crippen LogP) is 0.759. The van der Waals surface area contributed by atoms with Crippen molar-refractivity contribution in [1.82, 2.24) is 10.3 Å². The Morgan fingerprint density at radius 2 is 2.32 bits per heavy atom. The van der Waals surface area contributed by atoms with Crippen LogP contribution in [-0.4, -0.2) is 36.1 Å². The van der Waals surface area contributed by atoms with E-state index in [0.717, 1.165) is 18.8 Å². The van der Waals surface area contributed by atoms with E-state index < -0.39 is 0 Å². The normalized spacial score (nSPS) is 20.8. The van der Waals surface area contributed by atoms with Gasteiger partial charge in [0.15, 0.2) is 0 Å². The second kappa shape index (κ2) is 4.49. The Hall–Kier alpha value is -1.62. The molecule has 3 rings (SSSR count). The van der Waals surface area contributed by atoms with Crippen LogP contribution in [-0.2, 0) is 0 Å². The summed E-state index contributed by atoms with van der Waals surface area (Å²) in [4.78, 5) is 18.1. The van der Waals surface area contributed by atoms with Crippen molar-refractivity contribution in [3.05, 3.63) is 24.0 Å². The number of carbonyl (C=O) groups excluding carboxylic acids is 1. The monoisotopic (exact) mass is 260 g/mol.